The Balaban J connectivity index is 0.000000220. The Hall–Kier alpha value is -5.02. The number of nitrogens with zero attached hydrogens (tertiary/aromatic N) is 2. The first-order valence-electron chi connectivity index (χ1n) is 19.9. The van der Waals surface area contributed by atoms with Gasteiger partial charge in [-0.15, -0.1) is 0 Å². The predicted molar refractivity (Wildman–Crippen MR) is 234 cm³/mol. The molecule has 8 rings (SSSR count). The molecule has 0 aliphatic carbocycles. The molecule has 4 aliphatic heterocycles. The molecular weight excluding hydrogens is 805 g/mol. The van der Waals surface area contributed by atoms with Gasteiger partial charge in [0.1, 0.15) is 24.7 Å². The Kier molecular flexibility index (Phi) is 16.9. The van der Waals surface area contributed by atoms with Gasteiger partial charge >= 0.3 is 11.9 Å². The lowest BCUT2D eigenvalue weighted by molar-refractivity contribution is -0.144. The van der Waals surface area contributed by atoms with Crippen LogP contribution in [0.15, 0.2) is 97.1 Å². The molecular formula is C46H54N2O10S2. The standard InChI is InChI=1S/2C23H25NO5.2H2S/c2*1-27-23(26)17-9-10-18-13-24(22(25)19-8-5-11-28-14-19)20(15-29-21(18)12-17)16-6-3-2-4-7-16;;/h2*2-4,6-7,9-10,12,19-20H,5,8,11,13-15H2,1H3;2*1H2/t19-,20+;19-,20-;;/m01../s1. The third kappa shape index (κ3) is 10.8. The lowest BCUT2D eigenvalue weighted by Crippen LogP contribution is -2.42. The molecule has 2 saturated heterocycles. The summed E-state index contributed by atoms with van der Waals surface area (Å²) in [5.41, 5.74) is 4.67. The molecule has 0 bridgehead atoms. The molecule has 4 atom stereocenters. The zero-order chi connectivity index (χ0) is 40.4. The second-order valence-electron chi connectivity index (χ2n) is 14.9. The van der Waals surface area contributed by atoms with Gasteiger partial charge in [-0.1, -0.05) is 72.8 Å². The molecule has 4 aliphatic rings. The minimum Gasteiger partial charge on any atom is -0.491 e. The fourth-order valence-electron chi connectivity index (χ4n) is 7.94. The average molecular weight is 859 g/mol. The van der Waals surface area contributed by atoms with Crippen molar-refractivity contribution in [2.24, 2.45) is 11.8 Å². The molecule has 2 amide bonds. The van der Waals surface area contributed by atoms with Gasteiger partial charge in [-0.25, -0.2) is 9.59 Å². The number of fused-ring (bicyclic) bond motifs is 2. The van der Waals surface area contributed by atoms with Crippen LogP contribution in [0.5, 0.6) is 11.5 Å². The van der Waals surface area contributed by atoms with Crippen molar-refractivity contribution in [3.05, 3.63) is 130 Å². The summed E-state index contributed by atoms with van der Waals surface area (Å²) in [6.07, 6.45) is 3.48. The van der Waals surface area contributed by atoms with Crippen molar-refractivity contribution in [1.29, 1.82) is 0 Å². The van der Waals surface area contributed by atoms with Crippen molar-refractivity contribution < 1.29 is 47.6 Å². The van der Waals surface area contributed by atoms with Crippen LogP contribution in [-0.2, 0) is 41.6 Å². The number of hydrogen-bond acceptors (Lipinski definition) is 10. The third-order valence-electron chi connectivity index (χ3n) is 11.2. The number of esters is 2. The van der Waals surface area contributed by atoms with Crippen LogP contribution in [0, 0.1) is 11.8 Å². The molecule has 0 aromatic heterocycles. The number of methoxy groups -OCH3 is 2. The summed E-state index contributed by atoms with van der Waals surface area (Å²) in [6, 6.07) is 29.9. The van der Waals surface area contributed by atoms with Crippen molar-refractivity contribution >= 4 is 50.7 Å². The molecule has 60 heavy (non-hydrogen) atoms. The van der Waals surface area contributed by atoms with E-state index in [-0.39, 0.29) is 62.7 Å². The van der Waals surface area contributed by atoms with E-state index in [0.717, 1.165) is 47.9 Å². The highest BCUT2D eigenvalue weighted by molar-refractivity contribution is 7.59. The van der Waals surface area contributed by atoms with Crippen molar-refractivity contribution in [1.82, 2.24) is 9.80 Å². The molecule has 12 nitrogen and oxygen atoms in total. The lowest BCUT2D eigenvalue weighted by Gasteiger charge is -2.34. The van der Waals surface area contributed by atoms with Crippen molar-refractivity contribution in [3.8, 4) is 11.5 Å². The van der Waals surface area contributed by atoms with Gasteiger partial charge in [-0.3, -0.25) is 9.59 Å². The van der Waals surface area contributed by atoms with Crippen LogP contribution in [0.4, 0.5) is 0 Å². The highest BCUT2D eigenvalue weighted by atomic mass is 32.1. The second-order valence-corrected chi connectivity index (χ2v) is 14.9. The molecule has 0 N–H and O–H groups in total. The normalized spacial score (nSPS) is 20.8. The maximum atomic E-state index is 13.4. The van der Waals surface area contributed by atoms with E-state index in [1.165, 1.54) is 14.2 Å². The summed E-state index contributed by atoms with van der Waals surface area (Å²) in [6.45, 7) is 3.85. The van der Waals surface area contributed by atoms with Crippen LogP contribution in [0.25, 0.3) is 0 Å². The van der Waals surface area contributed by atoms with E-state index in [1.54, 1.807) is 24.3 Å². The minimum absolute atomic E-state index is 0. The van der Waals surface area contributed by atoms with Crippen LogP contribution in [0.1, 0.15) is 80.7 Å². The first kappa shape index (κ1) is 46.1. The fraction of sp³-hybridized carbons (Fsp3) is 0.391. The molecule has 0 spiro atoms. The third-order valence-corrected chi connectivity index (χ3v) is 11.2. The van der Waals surface area contributed by atoms with E-state index >= 15 is 0 Å². The van der Waals surface area contributed by atoms with Crippen molar-refractivity contribution in [3.63, 3.8) is 0 Å². The number of hydrogen-bond donors (Lipinski definition) is 0. The number of ether oxygens (including phenoxy) is 6. The van der Waals surface area contributed by atoms with Gasteiger partial charge in [-0.05, 0) is 61.1 Å². The molecule has 320 valence electrons. The number of carbonyl (C=O) groups is 4. The van der Waals surface area contributed by atoms with E-state index in [0.29, 0.717) is 75.4 Å². The van der Waals surface area contributed by atoms with Gasteiger partial charge in [0.05, 0.1) is 75.6 Å². The Labute approximate surface area is 365 Å². The molecule has 0 unspecified atom stereocenters. The largest absolute Gasteiger partial charge is 0.491 e. The Morgan fingerprint density at radius 3 is 1.30 bits per heavy atom. The van der Waals surface area contributed by atoms with Gasteiger partial charge in [0.2, 0.25) is 11.8 Å². The summed E-state index contributed by atoms with van der Waals surface area (Å²) in [5, 5.41) is 0. The average Bonchev–Trinajstić information content (AvgIpc) is 3.61. The zero-order valence-corrected chi connectivity index (χ0v) is 36.0. The number of carbonyl (C=O) groups excluding carboxylic acids is 4. The van der Waals surface area contributed by atoms with Crippen LogP contribution in [0.3, 0.4) is 0 Å². The van der Waals surface area contributed by atoms with Crippen LogP contribution < -0.4 is 9.47 Å². The van der Waals surface area contributed by atoms with Gasteiger partial charge in [0, 0.05) is 24.3 Å². The van der Waals surface area contributed by atoms with Gasteiger partial charge in [-0.2, -0.15) is 27.0 Å². The Morgan fingerprint density at radius 2 is 0.950 bits per heavy atom. The smallest absolute Gasteiger partial charge is 0.337 e. The molecule has 0 radical (unpaired) electrons. The van der Waals surface area contributed by atoms with Crippen molar-refractivity contribution in [2.45, 2.75) is 50.9 Å². The highest BCUT2D eigenvalue weighted by Crippen LogP contribution is 2.36. The minimum atomic E-state index is -0.410. The number of rotatable bonds is 6. The summed E-state index contributed by atoms with van der Waals surface area (Å²) < 4.78 is 32.9. The maximum absolute atomic E-state index is 13.4. The number of benzene rings is 4. The summed E-state index contributed by atoms with van der Waals surface area (Å²) in [7, 11) is 2.71. The lowest BCUT2D eigenvalue weighted by atomic mass is 9.97. The molecule has 4 heterocycles. The van der Waals surface area contributed by atoms with Gasteiger partial charge < -0.3 is 38.2 Å². The van der Waals surface area contributed by atoms with E-state index in [1.807, 2.05) is 82.6 Å². The van der Waals surface area contributed by atoms with E-state index in [4.69, 9.17) is 28.4 Å². The van der Waals surface area contributed by atoms with Crippen LogP contribution in [-0.4, -0.2) is 87.4 Å². The Bertz CT molecular complexity index is 1910. The quantitative estimate of drug-likeness (QED) is 0.188. The second kappa shape index (κ2) is 22.0. The SMILES string of the molecule is COC(=O)c1ccc2c(c1)OC[C@H](c1ccccc1)N(C(=O)[C@@H]1CCCOC1)C2.COC(=O)c1ccc2c(c1)OC[C@H](c1ccccc1)N(C(=O)[C@H]1CCCOC1)C2.S.S. The molecule has 4 aromatic carbocycles. The van der Waals surface area contributed by atoms with Crippen LogP contribution >= 0.6 is 27.0 Å². The summed E-state index contributed by atoms with van der Waals surface area (Å²) in [4.78, 5) is 54.5. The molecule has 2 fully saturated rings. The molecule has 14 heteroatoms. The molecule has 0 saturated carbocycles. The number of amides is 2. The van der Waals surface area contributed by atoms with Crippen LogP contribution in [0.2, 0.25) is 0 Å². The predicted octanol–water partition coefficient (Wildman–Crippen LogP) is 6.95. The first-order chi connectivity index (χ1) is 28.3. The maximum Gasteiger partial charge on any atom is 0.337 e. The topological polar surface area (TPSA) is 130 Å². The van der Waals surface area contributed by atoms with E-state index in [2.05, 4.69) is 0 Å². The zero-order valence-electron chi connectivity index (χ0n) is 34.0. The van der Waals surface area contributed by atoms with E-state index in [9.17, 15) is 19.2 Å². The first-order valence-corrected chi connectivity index (χ1v) is 19.9. The highest BCUT2D eigenvalue weighted by Gasteiger charge is 2.36. The monoisotopic (exact) mass is 858 g/mol. The van der Waals surface area contributed by atoms with Crippen molar-refractivity contribution in [2.75, 3.05) is 53.9 Å². The summed E-state index contributed by atoms with van der Waals surface area (Å²) >= 11 is 0. The van der Waals surface area contributed by atoms with Gasteiger partial charge in [0.15, 0.2) is 0 Å². The fourth-order valence-corrected chi connectivity index (χ4v) is 7.94. The summed E-state index contributed by atoms with van der Waals surface area (Å²) in [5.74, 6) is 0.323. The van der Waals surface area contributed by atoms with Gasteiger partial charge in [0.25, 0.3) is 0 Å². The Morgan fingerprint density at radius 1 is 0.550 bits per heavy atom. The molecule has 4 aromatic rings. The van der Waals surface area contributed by atoms with E-state index < -0.39 is 11.9 Å².